The first kappa shape index (κ1) is 32.4. The minimum atomic E-state index is -1.33. The molecule has 9 nitrogen and oxygen atoms in total. The molecule has 1 heterocycles. The predicted molar refractivity (Wildman–Crippen MR) is 179 cm³/mol. The van der Waals surface area contributed by atoms with Crippen molar-refractivity contribution in [1.82, 2.24) is 4.90 Å². The fourth-order valence-electron chi connectivity index (χ4n) is 8.84. The summed E-state index contributed by atoms with van der Waals surface area (Å²) >= 11 is 0. The SMILES string of the molecule is O=C(O)CCCN1C(=O)[C@H]2[C@H](CC=C3[C@H]2C[C@H]2C(=O)C(c4ccccc4)=CC(=O)[C@@]2(c2ccccc2)[C@H]3c2ccc(OCCO)cc2)C1=O. The molecule has 0 aromatic heterocycles. The number of rotatable bonds is 10. The Bertz CT molecular complexity index is 1860. The summed E-state index contributed by atoms with van der Waals surface area (Å²) in [6, 6.07) is 25.8. The maximum atomic E-state index is 15.0. The third-order valence-corrected chi connectivity index (χ3v) is 10.8. The van der Waals surface area contributed by atoms with E-state index in [9.17, 15) is 29.4 Å². The molecule has 3 aromatic rings. The number of aliphatic hydroxyl groups excluding tert-OH is 1. The number of benzene rings is 3. The number of aliphatic carboxylic acids is 1. The molecule has 1 saturated carbocycles. The maximum Gasteiger partial charge on any atom is 0.303 e. The molecular weight excluding hydrogens is 622 g/mol. The van der Waals surface area contributed by atoms with Gasteiger partial charge in [-0.2, -0.15) is 0 Å². The monoisotopic (exact) mass is 659 g/mol. The minimum Gasteiger partial charge on any atom is -0.491 e. The highest BCUT2D eigenvalue weighted by atomic mass is 16.5. The number of carboxylic acids is 1. The van der Waals surface area contributed by atoms with Crippen molar-refractivity contribution in [2.24, 2.45) is 23.7 Å². The molecular formula is C40H37NO8. The number of amides is 2. The molecule has 6 atom stereocenters. The average Bonchev–Trinajstić information content (AvgIpc) is 3.37. The smallest absolute Gasteiger partial charge is 0.303 e. The van der Waals surface area contributed by atoms with E-state index in [0.29, 0.717) is 28.9 Å². The van der Waals surface area contributed by atoms with Crippen molar-refractivity contribution in [1.29, 1.82) is 0 Å². The summed E-state index contributed by atoms with van der Waals surface area (Å²) < 4.78 is 5.64. The van der Waals surface area contributed by atoms with Crippen molar-refractivity contribution in [2.75, 3.05) is 19.8 Å². The molecule has 250 valence electrons. The van der Waals surface area contributed by atoms with Crippen molar-refractivity contribution in [3.63, 3.8) is 0 Å². The summed E-state index contributed by atoms with van der Waals surface area (Å²) in [4.78, 5) is 70.2. The van der Waals surface area contributed by atoms with Gasteiger partial charge in [-0.1, -0.05) is 84.4 Å². The molecule has 0 radical (unpaired) electrons. The van der Waals surface area contributed by atoms with Gasteiger partial charge in [0.25, 0.3) is 0 Å². The van der Waals surface area contributed by atoms with Gasteiger partial charge in [-0.25, -0.2) is 0 Å². The van der Waals surface area contributed by atoms with Gasteiger partial charge in [-0.05, 0) is 60.1 Å². The molecule has 0 spiro atoms. The number of aliphatic hydroxyl groups is 1. The highest BCUT2D eigenvalue weighted by molar-refractivity contribution is 6.31. The number of ether oxygens (including phenoxy) is 1. The maximum absolute atomic E-state index is 15.0. The zero-order valence-corrected chi connectivity index (χ0v) is 26.9. The molecule has 1 aliphatic heterocycles. The van der Waals surface area contributed by atoms with Crippen molar-refractivity contribution in [2.45, 2.75) is 37.0 Å². The summed E-state index contributed by atoms with van der Waals surface area (Å²) in [5.74, 6) is -4.82. The summed E-state index contributed by atoms with van der Waals surface area (Å²) in [7, 11) is 0. The highest BCUT2D eigenvalue weighted by Crippen LogP contribution is 2.63. The molecule has 4 aliphatic rings. The first-order valence-corrected chi connectivity index (χ1v) is 16.8. The van der Waals surface area contributed by atoms with Crippen LogP contribution in [-0.4, -0.2) is 64.2 Å². The predicted octanol–water partition coefficient (Wildman–Crippen LogP) is 4.75. The van der Waals surface area contributed by atoms with Crippen LogP contribution in [0.2, 0.25) is 0 Å². The molecule has 0 unspecified atom stereocenters. The van der Waals surface area contributed by atoms with Gasteiger partial charge in [-0.3, -0.25) is 28.9 Å². The van der Waals surface area contributed by atoms with Gasteiger partial charge in [-0.15, -0.1) is 0 Å². The Morgan fingerprint density at radius 2 is 1.57 bits per heavy atom. The molecule has 2 N–H and O–H groups in total. The first-order valence-electron chi connectivity index (χ1n) is 16.8. The summed E-state index contributed by atoms with van der Waals surface area (Å²) in [5, 5.41) is 18.5. The van der Waals surface area contributed by atoms with Gasteiger partial charge < -0.3 is 14.9 Å². The van der Waals surface area contributed by atoms with Gasteiger partial charge in [0.05, 0.1) is 23.9 Å². The number of carbonyl (C=O) groups excluding carboxylic acids is 4. The Kier molecular flexibility index (Phi) is 8.63. The second-order valence-electron chi connectivity index (χ2n) is 13.3. The number of ketones is 2. The Balaban J connectivity index is 1.41. The lowest BCUT2D eigenvalue weighted by Gasteiger charge is -2.55. The molecule has 1 saturated heterocycles. The second kappa shape index (κ2) is 13.0. The van der Waals surface area contributed by atoms with Crippen LogP contribution in [0.4, 0.5) is 0 Å². The van der Waals surface area contributed by atoms with E-state index >= 15 is 4.79 Å². The minimum absolute atomic E-state index is 0.0213. The van der Waals surface area contributed by atoms with E-state index in [4.69, 9.17) is 4.74 Å². The fourth-order valence-corrected chi connectivity index (χ4v) is 8.84. The Morgan fingerprint density at radius 3 is 2.24 bits per heavy atom. The highest BCUT2D eigenvalue weighted by Gasteiger charge is 2.65. The topological polar surface area (TPSA) is 138 Å². The summed E-state index contributed by atoms with van der Waals surface area (Å²) in [6.45, 7) is -0.00520. The number of nitrogens with zero attached hydrogens (tertiary/aromatic N) is 1. The molecule has 0 bridgehead atoms. The van der Waals surface area contributed by atoms with Gasteiger partial charge in [0.2, 0.25) is 11.8 Å². The number of allylic oxidation sites excluding steroid dienone is 4. The van der Waals surface area contributed by atoms with E-state index in [1.807, 2.05) is 78.9 Å². The van der Waals surface area contributed by atoms with Crippen LogP contribution in [0.3, 0.4) is 0 Å². The number of hydrogen-bond acceptors (Lipinski definition) is 7. The van der Waals surface area contributed by atoms with Crippen molar-refractivity contribution >= 4 is 34.9 Å². The standard InChI is InChI=1S/C40H37NO8/c42-20-21-49-27-15-13-25(14-16-27)36-28-17-18-29-35(39(48)41(38(29)47)19-7-12-34(44)45)31(28)22-32-37(46)30(24-8-3-1-4-9-24)23-33(43)40(32,36)26-10-5-2-6-11-26/h1-6,8-11,13-17,23,29,31-32,35-36,42H,7,12,18-22H2,(H,44,45)/t29-,31+,32-,35-,36-,40-/m0/s1. The molecule has 2 amide bonds. The van der Waals surface area contributed by atoms with Crippen LogP contribution in [-0.2, 0) is 29.4 Å². The number of carboxylic acid groups (broad SMARTS) is 1. The van der Waals surface area contributed by atoms with Gasteiger partial charge in [0.15, 0.2) is 11.6 Å². The quantitative estimate of drug-likeness (QED) is 0.235. The van der Waals surface area contributed by atoms with Crippen molar-refractivity contribution in [3.8, 4) is 5.75 Å². The molecule has 7 rings (SSSR count). The number of Topliss-reactive ketones (excluding diaryl/α,β-unsaturated/α-hetero) is 1. The molecule has 3 aromatic carbocycles. The van der Waals surface area contributed by atoms with Gasteiger partial charge in [0.1, 0.15) is 12.4 Å². The normalized spacial score (nSPS) is 27.5. The zero-order chi connectivity index (χ0) is 34.3. The third-order valence-electron chi connectivity index (χ3n) is 10.8. The molecule has 3 aliphatic carbocycles. The van der Waals surface area contributed by atoms with Crippen LogP contribution in [0.25, 0.3) is 5.57 Å². The van der Waals surface area contributed by atoms with E-state index in [1.54, 1.807) is 12.1 Å². The zero-order valence-electron chi connectivity index (χ0n) is 26.9. The van der Waals surface area contributed by atoms with Crippen LogP contribution in [0.1, 0.15) is 48.3 Å². The van der Waals surface area contributed by atoms with Crippen LogP contribution in [0, 0.1) is 23.7 Å². The molecule has 9 heteroatoms. The Morgan fingerprint density at radius 1 is 0.878 bits per heavy atom. The molecule has 49 heavy (non-hydrogen) atoms. The van der Waals surface area contributed by atoms with Crippen LogP contribution in [0.5, 0.6) is 5.75 Å². The largest absolute Gasteiger partial charge is 0.491 e. The fraction of sp³-hybridized carbons (Fsp3) is 0.325. The summed E-state index contributed by atoms with van der Waals surface area (Å²) in [6.07, 6.45) is 4.00. The van der Waals surface area contributed by atoms with E-state index in [1.165, 1.54) is 11.0 Å². The number of fused-ring (bicyclic) bond motifs is 4. The summed E-state index contributed by atoms with van der Waals surface area (Å²) in [5.41, 5.74) is 1.98. The lowest BCUT2D eigenvalue weighted by molar-refractivity contribution is -0.142. The number of hydrogen-bond donors (Lipinski definition) is 2. The first-order chi connectivity index (χ1) is 23.8. The lowest BCUT2D eigenvalue weighted by Crippen LogP contribution is -2.58. The molecule has 2 fully saturated rings. The van der Waals surface area contributed by atoms with E-state index in [-0.39, 0.29) is 62.4 Å². The van der Waals surface area contributed by atoms with E-state index < -0.39 is 41.0 Å². The third kappa shape index (κ3) is 5.33. The lowest BCUT2D eigenvalue weighted by atomic mass is 9.44. The van der Waals surface area contributed by atoms with Crippen LogP contribution >= 0.6 is 0 Å². The number of imide groups is 1. The van der Waals surface area contributed by atoms with Crippen molar-refractivity contribution < 1.29 is 38.9 Å². The van der Waals surface area contributed by atoms with Gasteiger partial charge >= 0.3 is 5.97 Å². The Hall–Kier alpha value is -5.15. The van der Waals surface area contributed by atoms with Crippen molar-refractivity contribution in [3.05, 3.63) is 119 Å². The van der Waals surface area contributed by atoms with Gasteiger partial charge in [0, 0.05) is 30.4 Å². The van der Waals surface area contributed by atoms with E-state index in [2.05, 4.69) is 0 Å². The second-order valence-corrected chi connectivity index (χ2v) is 13.3. The van der Waals surface area contributed by atoms with Crippen LogP contribution in [0.15, 0.2) is 103 Å². The average molecular weight is 660 g/mol. The van der Waals surface area contributed by atoms with E-state index in [0.717, 1.165) is 11.1 Å². The number of likely N-dealkylation sites (tertiary alicyclic amines) is 1. The number of carbonyl (C=O) groups is 5. The Labute approximate surface area is 283 Å². The van der Waals surface area contributed by atoms with Crippen LogP contribution < -0.4 is 4.74 Å².